The molecular weight excluding hydrogens is 371 g/mol. The number of benzene rings is 2. The van der Waals surface area contributed by atoms with Gasteiger partial charge < -0.3 is 14.6 Å². The largest absolute Gasteiger partial charge is 0.491 e. The molecule has 1 aliphatic heterocycles. The van der Waals surface area contributed by atoms with Crippen molar-refractivity contribution in [3.63, 3.8) is 0 Å². The average Bonchev–Trinajstić information content (AvgIpc) is 2.67. The van der Waals surface area contributed by atoms with Crippen LogP contribution < -0.4 is 4.74 Å². The second kappa shape index (κ2) is 8.51. The Kier molecular flexibility index (Phi) is 6.27. The van der Waals surface area contributed by atoms with Gasteiger partial charge >= 0.3 is 6.18 Å². The van der Waals surface area contributed by atoms with E-state index in [-0.39, 0.29) is 6.61 Å². The molecule has 1 unspecified atom stereocenters. The normalized spacial score (nSPS) is 17.9. The molecule has 1 aliphatic rings. The van der Waals surface area contributed by atoms with Gasteiger partial charge in [0.1, 0.15) is 18.0 Å². The SMILES string of the molecule is CC(O)(COc1ccc(-c2cccc(C(F)(F)F)c2)cc1)CN1CCOCC1. The summed E-state index contributed by atoms with van der Waals surface area (Å²) in [6, 6.07) is 12.0. The Morgan fingerprint density at radius 3 is 2.36 bits per heavy atom. The number of β-amino-alcohol motifs (C(OH)–C–C–N with tert-alkyl or cyclic N) is 1. The fourth-order valence-corrected chi connectivity index (χ4v) is 3.14. The van der Waals surface area contributed by atoms with Crippen LogP contribution in [0.1, 0.15) is 12.5 Å². The van der Waals surface area contributed by atoms with E-state index in [2.05, 4.69) is 4.90 Å². The van der Waals surface area contributed by atoms with Crippen LogP contribution >= 0.6 is 0 Å². The van der Waals surface area contributed by atoms with Gasteiger partial charge in [0.2, 0.25) is 0 Å². The first-order chi connectivity index (χ1) is 13.2. The number of aliphatic hydroxyl groups is 1. The first-order valence-corrected chi connectivity index (χ1v) is 9.16. The van der Waals surface area contributed by atoms with E-state index >= 15 is 0 Å². The molecule has 0 bridgehead atoms. The lowest BCUT2D eigenvalue weighted by molar-refractivity contribution is -0.137. The van der Waals surface area contributed by atoms with Crippen molar-refractivity contribution >= 4 is 0 Å². The zero-order chi connectivity index (χ0) is 20.2. The number of hydrogen-bond donors (Lipinski definition) is 1. The topological polar surface area (TPSA) is 41.9 Å². The number of hydrogen-bond acceptors (Lipinski definition) is 4. The fourth-order valence-electron chi connectivity index (χ4n) is 3.14. The Labute approximate surface area is 162 Å². The number of ether oxygens (including phenoxy) is 2. The fraction of sp³-hybridized carbons (Fsp3) is 0.429. The van der Waals surface area contributed by atoms with Gasteiger partial charge in [0, 0.05) is 19.6 Å². The number of nitrogens with zero attached hydrogens (tertiary/aromatic N) is 1. The van der Waals surface area contributed by atoms with E-state index in [1.807, 2.05) is 0 Å². The van der Waals surface area contributed by atoms with Crippen LogP contribution in [0.5, 0.6) is 5.75 Å². The van der Waals surface area contributed by atoms with E-state index in [4.69, 9.17) is 9.47 Å². The van der Waals surface area contributed by atoms with Crippen LogP contribution in [0.3, 0.4) is 0 Å². The maximum absolute atomic E-state index is 12.9. The Hall–Kier alpha value is -2.09. The molecule has 2 aromatic rings. The molecule has 1 fully saturated rings. The predicted octanol–water partition coefficient (Wildman–Crippen LogP) is 3.83. The monoisotopic (exact) mass is 395 g/mol. The Morgan fingerprint density at radius 2 is 1.71 bits per heavy atom. The Bertz CT molecular complexity index is 769. The molecule has 0 radical (unpaired) electrons. The van der Waals surface area contributed by atoms with Crippen LogP contribution in [0.2, 0.25) is 0 Å². The summed E-state index contributed by atoms with van der Waals surface area (Å²) in [5, 5.41) is 10.6. The molecule has 2 aromatic carbocycles. The zero-order valence-electron chi connectivity index (χ0n) is 15.7. The average molecular weight is 395 g/mol. The molecule has 1 atom stereocenters. The van der Waals surface area contributed by atoms with Crippen LogP contribution in [0.4, 0.5) is 13.2 Å². The van der Waals surface area contributed by atoms with Crippen LogP contribution in [0.15, 0.2) is 48.5 Å². The molecule has 4 nitrogen and oxygen atoms in total. The summed E-state index contributed by atoms with van der Waals surface area (Å²) >= 11 is 0. The molecule has 0 aromatic heterocycles. The molecule has 28 heavy (non-hydrogen) atoms. The predicted molar refractivity (Wildman–Crippen MR) is 100 cm³/mol. The molecule has 0 saturated carbocycles. The molecule has 0 spiro atoms. The van der Waals surface area contributed by atoms with Crippen molar-refractivity contribution in [1.82, 2.24) is 4.90 Å². The minimum Gasteiger partial charge on any atom is -0.491 e. The summed E-state index contributed by atoms with van der Waals surface area (Å²) in [4.78, 5) is 2.13. The van der Waals surface area contributed by atoms with Crippen molar-refractivity contribution in [1.29, 1.82) is 0 Å². The van der Waals surface area contributed by atoms with Crippen LogP contribution in [-0.4, -0.2) is 55.1 Å². The first kappa shape index (κ1) is 20.6. The van der Waals surface area contributed by atoms with E-state index in [1.54, 1.807) is 37.3 Å². The number of rotatable bonds is 6. The molecule has 1 N–H and O–H groups in total. The lowest BCUT2D eigenvalue weighted by Gasteiger charge is -2.33. The molecule has 7 heteroatoms. The maximum Gasteiger partial charge on any atom is 0.416 e. The van der Waals surface area contributed by atoms with Gasteiger partial charge in [-0.15, -0.1) is 0 Å². The quantitative estimate of drug-likeness (QED) is 0.807. The third kappa shape index (κ3) is 5.70. The highest BCUT2D eigenvalue weighted by atomic mass is 19.4. The highest BCUT2D eigenvalue weighted by Crippen LogP contribution is 2.32. The molecular formula is C21H24F3NO3. The van der Waals surface area contributed by atoms with Crippen molar-refractivity contribution in [2.24, 2.45) is 0 Å². The van der Waals surface area contributed by atoms with Crippen LogP contribution in [0.25, 0.3) is 11.1 Å². The van der Waals surface area contributed by atoms with Gasteiger partial charge in [0.25, 0.3) is 0 Å². The molecule has 3 rings (SSSR count). The lowest BCUT2D eigenvalue weighted by atomic mass is 10.0. The molecule has 1 saturated heterocycles. The summed E-state index contributed by atoms with van der Waals surface area (Å²) in [5.41, 5.74) is -0.541. The smallest absolute Gasteiger partial charge is 0.416 e. The van der Waals surface area contributed by atoms with E-state index < -0.39 is 17.3 Å². The van der Waals surface area contributed by atoms with Crippen molar-refractivity contribution in [2.75, 3.05) is 39.5 Å². The van der Waals surface area contributed by atoms with Gasteiger partial charge in [-0.2, -0.15) is 13.2 Å². The third-order valence-electron chi connectivity index (χ3n) is 4.60. The van der Waals surface area contributed by atoms with Gasteiger partial charge in [-0.25, -0.2) is 0 Å². The number of morpholine rings is 1. The molecule has 1 heterocycles. The summed E-state index contributed by atoms with van der Waals surface area (Å²) in [6.45, 7) is 5.21. The summed E-state index contributed by atoms with van der Waals surface area (Å²) in [7, 11) is 0. The van der Waals surface area contributed by atoms with E-state index in [9.17, 15) is 18.3 Å². The van der Waals surface area contributed by atoms with E-state index in [0.717, 1.165) is 25.2 Å². The summed E-state index contributed by atoms with van der Waals surface area (Å²) in [5.74, 6) is 0.554. The van der Waals surface area contributed by atoms with Crippen molar-refractivity contribution in [3.05, 3.63) is 54.1 Å². The van der Waals surface area contributed by atoms with Gasteiger partial charge in [-0.1, -0.05) is 24.3 Å². The lowest BCUT2D eigenvalue weighted by Crippen LogP contribution is -2.48. The van der Waals surface area contributed by atoms with E-state index in [1.165, 1.54) is 6.07 Å². The molecule has 0 amide bonds. The Balaban J connectivity index is 1.60. The van der Waals surface area contributed by atoms with Gasteiger partial charge in [0.15, 0.2) is 0 Å². The highest BCUT2D eigenvalue weighted by Gasteiger charge is 2.30. The number of alkyl halides is 3. The van der Waals surface area contributed by atoms with Crippen molar-refractivity contribution < 1.29 is 27.8 Å². The Morgan fingerprint density at radius 1 is 1.04 bits per heavy atom. The second-order valence-corrected chi connectivity index (χ2v) is 7.28. The third-order valence-corrected chi connectivity index (χ3v) is 4.60. The highest BCUT2D eigenvalue weighted by molar-refractivity contribution is 5.65. The minimum absolute atomic E-state index is 0.118. The summed E-state index contributed by atoms with van der Waals surface area (Å²) in [6.07, 6.45) is -4.37. The van der Waals surface area contributed by atoms with Gasteiger partial charge in [-0.05, 0) is 42.3 Å². The number of halogens is 3. The van der Waals surface area contributed by atoms with Crippen molar-refractivity contribution in [2.45, 2.75) is 18.7 Å². The molecule has 0 aliphatic carbocycles. The maximum atomic E-state index is 12.9. The zero-order valence-corrected chi connectivity index (χ0v) is 15.7. The first-order valence-electron chi connectivity index (χ1n) is 9.16. The van der Waals surface area contributed by atoms with Crippen LogP contribution in [0, 0.1) is 0 Å². The minimum atomic E-state index is -4.37. The molecule has 152 valence electrons. The van der Waals surface area contributed by atoms with Crippen LogP contribution in [-0.2, 0) is 10.9 Å². The standard InChI is InChI=1S/C21H24F3NO3/c1-20(26,14-25-9-11-27-12-10-25)15-28-19-7-5-16(6-8-19)17-3-2-4-18(13-17)21(22,23)24/h2-8,13,26H,9-12,14-15H2,1H3. The summed E-state index contributed by atoms with van der Waals surface area (Å²) < 4.78 is 49.6. The van der Waals surface area contributed by atoms with Crippen molar-refractivity contribution in [3.8, 4) is 16.9 Å². The van der Waals surface area contributed by atoms with E-state index in [0.29, 0.717) is 36.6 Å². The van der Waals surface area contributed by atoms with Gasteiger partial charge in [-0.3, -0.25) is 4.90 Å². The van der Waals surface area contributed by atoms with Gasteiger partial charge in [0.05, 0.1) is 18.8 Å². The second-order valence-electron chi connectivity index (χ2n) is 7.28.